The second-order valence-electron chi connectivity index (χ2n) is 5.42. The van der Waals surface area contributed by atoms with Crippen molar-refractivity contribution < 1.29 is 19.1 Å². The molecule has 2 amide bonds. The lowest BCUT2D eigenvalue weighted by molar-refractivity contribution is -0.121. The molecule has 1 N–H and O–H groups in total. The van der Waals surface area contributed by atoms with Crippen LogP contribution in [0.5, 0.6) is 0 Å². The number of anilines is 2. The van der Waals surface area contributed by atoms with Crippen LogP contribution in [0, 0.1) is 0 Å². The molecule has 2 aromatic rings. The number of ether oxygens (including phenoxy) is 2. The third-order valence-corrected chi connectivity index (χ3v) is 4.05. The van der Waals surface area contributed by atoms with Crippen LogP contribution in [0.25, 0.3) is 0 Å². The second kappa shape index (κ2) is 8.00. The van der Waals surface area contributed by atoms with Gasteiger partial charge in [-0.15, -0.1) is 0 Å². The summed E-state index contributed by atoms with van der Waals surface area (Å²) in [6.45, 7) is 0.911. The van der Waals surface area contributed by atoms with E-state index >= 15 is 0 Å². The van der Waals surface area contributed by atoms with Gasteiger partial charge in [0.1, 0.15) is 13.2 Å². The lowest BCUT2D eigenvalue weighted by atomic mass is 10.2. The SMILES string of the molecule is O=C(COCc1ccccc1Cl)Nc1ccccc1N1CCOC1=O. The minimum atomic E-state index is -0.420. The van der Waals surface area contributed by atoms with Gasteiger partial charge in [0.2, 0.25) is 5.91 Å². The monoisotopic (exact) mass is 360 g/mol. The molecular formula is C18H17ClN2O4. The lowest BCUT2D eigenvalue weighted by Gasteiger charge is -2.17. The van der Waals surface area contributed by atoms with Crippen molar-refractivity contribution >= 4 is 35.0 Å². The van der Waals surface area contributed by atoms with Crippen molar-refractivity contribution in [3.63, 3.8) is 0 Å². The summed E-state index contributed by atoms with van der Waals surface area (Å²) in [6.07, 6.45) is -0.420. The average Bonchev–Trinajstić information content (AvgIpc) is 3.03. The number of carbonyl (C=O) groups is 2. The zero-order valence-corrected chi connectivity index (χ0v) is 14.2. The van der Waals surface area contributed by atoms with E-state index in [1.54, 1.807) is 30.3 Å². The molecule has 1 aliphatic heterocycles. The van der Waals surface area contributed by atoms with E-state index < -0.39 is 6.09 Å². The third-order valence-electron chi connectivity index (χ3n) is 3.68. The lowest BCUT2D eigenvalue weighted by Crippen LogP contribution is -2.26. The predicted octanol–water partition coefficient (Wildman–Crippen LogP) is 3.45. The number of cyclic esters (lactones) is 1. The molecule has 1 saturated heterocycles. The van der Waals surface area contributed by atoms with E-state index in [0.29, 0.717) is 29.5 Å². The standard InChI is InChI=1S/C18H17ClN2O4/c19-14-6-2-1-5-13(14)11-24-12-17(22)20-15-7-3-4-8-16(15)21-9-10-25-18(21)23/h1-8H,9-12H2,(H,20,22). The number of para-hydroxylation sites is 2. The highest BCUT2D eigenvalue weighted by Gasteiger charge is 2.25. The minimum absolute atomic E-state index is 0.121. The van der Waals surface area contributed by atoms with E-state index in [4.69, 9.17) is 21.1 Å². The highest BCUT2D eigenvalue weighted by atomic mass is 35.5. The molecule has 7 heteroatoms. The Balaban J connectivity index is 1.58. The molecule has 130 valence electrons. The molecule has 0 atom stereocenters. The van der Waals surface area contributed by atoms with Crippen LogP contribution in [0.3, 0.4) is 0 Å². The molecule has 0 radical (unpaired) electrons. The third kappa shape index (κ3) is 4.29. The van der Waals surface area contributed by atoms with Crippen molar-refractivity contribution in [3.8, 4) is 0 Å². The number of nitrogens with one attached hydrogen (secondary N) is 1. The van der Waals surface area contributed by atoms with Gasteiger partial charge in [-0.05, 0) is 23.8 Å². The number of halogens is 1. The summed E-state index contributed by atoms with van der Waals surface area (Å²) in [5, 5.41) is 3.36. The number of hydrogen-bond donors (Lipinski definition) is 1. The maximum absolute atomic E-state index is 12.1. The molecule has 0 saturated carbocycles. The molecule has 0 bridgehead atoms. The van der Waals surface area contributed by atoms with Crippen LogP contribution in [0.4, 0.5) is 16.2 Å². The summed E-state index contributed by atoms with van der Waals surface area (Å²) in [7, 11) is 0. The quantitative estimate of drug-likeness (QED) is 0.856. The number of amides is 2. The van der Waals surface area contributed by atoms with Crippen molar-refractivity contribution in [2.24, 2.45) is 0 Å². The Morgan fingerprint density at radius 1 is 1.20 bits per heavy atom. The Bertz CT molecular complexity index is 781. The summed E-state index contributed by atoms with van der Waals surface area (Å²) in [6, 6.07) is 14.4. The summed E-state index contributed by atoms with van der Waals surface area (Å²) in [4.78, 5) is 25.3. The first kappa shape index (κ1) is 17.3. The Morgan fingerprint density at radius 3 is 2.72 bits per heavy atom. The van der Waals surface area contributed by atoms with Gasteiger partial charge in [-0.3, -0.25) is 9.69 Å². The zero-order chi connectivity index (χ0) is 17.6. The first-order valence-electron chi connectivity index (χ1n) is 7.79. The molecule has 1 fully saturated rings. The van der Waals surface area contributed by atoms with E-state index in [1.165, 1.54) is 4.90 Å². The summed E-state index contributed by atoms with van der Waals surface area (Å²) >= 11 is 6.05. The van der Waals surface area contributed by atoms with Gasteiger partial charge < -0.3 is 14.8 Å². The fourth-order valence-electron chi connectivity index (χ4n) is 2.48. The van der Waals surface area contributed by atoms with Gasteiger partial charge in [-0.2, -0.15) is 0 Å². The van der Waals surface area contributed by atoms with Gasteiger partial charge in [0.15, 0.2) is 0 Å². The smallest absolute Gasteiger partial charge is 0.414 e. The van der Waals surface area contributed by atoms with E-state index in [2.05, 4.69) is 5.32 Å². The fraction of sp³-hybridized carbons (Fsp3) is 0.222. The fourth-order valence-corrected chi connectivity index (χ4v) is 2.67. The molecule has 25 heavy (non-hydrogen) atoms. The number of benzene rings is 2. The van der Waals surface area contributed by atoms with Gasteiger partial charge in [0.25, 0.3) is 0 Å². The maximum atomic E-state index is 12.1. The molecule has 1 aliphatic rings. The van der Waals surface area contributed by atoms with Crippen LogP contribution in [0.2, 0.25) is 5.02 Å². The van der Waals surface area contributed by atoms with Crippen molar-refractivity contribution in [1.82, 2.24) is 0 Å². The predicted molar refractivity (Wildman–Crippen MR) is 94.9 cm³/mol. The minimum Gasteiger partial charge on any atom is -0.447 e. The van der Waals surface area contributed by atoms with E-state index in [0.717, 1.165) is 5.56 Å². The van der Waals surface area contributed by atoms with Crippen LogP contribution >= 0.6 is 11.6 Å². The molecule has 6 nitrogen and oxygen atoms in total. The Kier molecular flexibility index (Phi) is 5.53. The first-order chi connectivity index (χ1) is 12.1. The normalized spacial score (nSPS) is 13.6. The highest BCUT2D eigenvalue weighted by Crippen LogP contribution is 2.27. The molecule has 0 aliphatic carbocycles. The molecular weight excluding hydrogens is 344 g/mol. The second-order valence-corrected chi connectivity index (χ2v) is 5.82. The number of hydrogen-bond acceptors (Lipinski definition) is 4. The van der Waals surface area contributed by atoms with Crippen LogP contribution < -0.4 is 10.2 Å². The Morgan fingerprint density at radius 2 is 1.96 bits per heavy atom. The van der Waals surface area contributed by atoms with Crippen molar-refractivity contribution in [2.75, 3.05) is 30.0 Å². The number of carbonyl (C=O) groups excluding carboxylic acids is 2. The van der Waals surface area contributed by atoms with Gasteiger partial charge in [-0.1, -0.05) is 41.9 Å². The first-order valence-corrected chi connectivity index (χ1v) is 8.17. The molecule has 0 unspecified atom stereocenters. The van der Waals surface area contributed by atoms with Gasteiger partial charge in [-0.25, -0.2) is 4.79 Å². The molecule has 0 spiro atoms. The van der Waals surface area contributed by atoms with E-state index in [1.807, 2.05) is 18.2 Å². The van der Waals surface area contributed by atoms with Crippen molar-refractivity contribution in [3.05, 3.63) is 59.1 Å². The summed E-state index contributed by atoms with van der Waals surface area (Å²) in [5.41, 5.74) is 1.95. The number of rotatable bonds is 6. The van der Waals surface area contributed by atoms with E-state index in [-0.39, 0.29) is 19.1 Å². The topological polar surface area (TPSA) is 67.9 Å². The van der Waals surface area contributed by atoms with Gasteiger partial charge >= 0.3 is 6.09 Å². The molecule has 2 aromatic carbocycles. The molecule has 3 rings (SSSR count). The van der Waals surface area contributed by atoms with Crippen molar-refractivity contribution in [1.29, 1.82) is 0 Å². The maximum Gasteiger partial charge on any atom is 0.414 e. The van der Waals surface area contributed by atoms with Crippen LogP contribution in [0.1, 0.15) is 5.56 Å². The number of nitrogens with zero attached hydrogens (tertiary/aromatic N) is 1. The molecule has 1 heterocycles. The van der Waals surface area contributed by atoms with Crippen LogP contribution in [-0.4, -0.2) is 31.8 Å². The summed E-state index contributed by atoms with van der Waals surface area (Å²) in [5.74, 6) is -0.313. The Hall–Kier alpha value is -2.57. The van der Waals surface area contributed by atoms with Crippen LogP contribution in [-0.2, 0) is 20.9 Å². The summed E-state index contributed by atoms with van der Waals surface area (Å²) < 4.78 is 10.4. The van der Waals surface area contributed by atoms with Crippen molar-refractivity contribution in [2.45, 2.75) is 6.61 Å². The van der Waals surface area contributed by atoms with Gasteiger partial charge in [0.05, 0.1) is 24.5 Å². The zero-order valence-electron chi connectivity index (χ0n) is 13.4. The highest BCUT2D eigenvalue weighted by molar-refractivity contribution is 6.31. The largest absolute Gasteiger partial charge is 0.447 e. The average molecular weight is 361 g/mol. The van der Waals surface area contributed by atoms with E-state index in [9.17, 15) is 9.59 Å². The van der Waals surface area contributed by atoms with Gasteiger partial charge in [0, 0.05) is 5.02 Å². The molecule has 0 aromatic heterocycles. The Labute approximate surface area is 150 Å². The van der Waals surface area contributed by atoms with Crippen LogP contribution in [0.15, 0.2) is 48.5 Å².